The summed E-state index contributed by atoms with van der Waals surface area (Å²) in [5.41, 5.74) is 2.87. The van der Waals surface area contributed by atoms with E-state index in [0.29, 0.717) is 18.1 Å². The van der Waals surface area contributed by atoms with Gasteiger partial charge in [0.2, 0.25) is 0 Å². The lowest BCUT2D eigenvalue weighted by molar-refractivity contribution is 0.305. The van der Waals surface area contributed by atoms with Crippen LogP contribution in [0.15, 0.2) is 48.5 Å². The van der Waals surface area contributed by atoms with Gasteiger partial charge in [0.25, 0.3) is 0 Å². The number of hydrogen-bond donors (Lipinski definition) is 0. The maximum Gasteiger partial charge on any atom is 0.119 e. The van der Waals surface area contributed by atoms with Crippen LogP contribution in [0.2, 0.25) is 0 Å². The Balaban J connectivity index is 1.81. The van der Waals surface area contributed by atoms with Gasteiger partial charge in [-0.05, 0) is 54.2 Å². The zero-order chi connectivity index (χ0) is 17.4. The van der Waals surface area contributed by atoms with Crippen molar-refractivity contribution < 1.29 is 4.74 Å². The van der Waals surface area contributed by atoms with E-state index in [9.17, 15) is 5.26 Å². The molecule has 0 bridgehead atoms. The SMILES string of the molecule is CC(C)c1ccc(OCCCC(C#N)c2ccc(C#N)cc2)cc1. The van der Waals surface area contributed by atoms with Crippen molar-refractivity contribution in [3.05, 3.63) is 65.2 Å². The smallest absolute Gasteiger partial charge is 0.119 e. The first-order valence-corrected chi connectivity index (χ1v) is 8.26. The van der Waals surface area contributed by atoms with Crippen molar-refractivity contribution in [2.24, 2.45) is 0 Å². The van der Waals surface area contributed by atoms with Crippen LogP contribution in [0.5, 0.6) is 5.75 Å². The molecule has 0 saturated carbocycles. The molecule has 1 unspecified atom stereocenters. The summed E-state index contributed by atoms with van der Waals surface area (Å²) < 4.78 is 5.76. The van der Waals surface area contributed by atoms with E-state index in [-0.39, 0.29) is 5.92 Å². The van der Waals surface area contributed by atoms with Crippen molar-refractivity contribution >= 4 is 0 Å². The summed E-state index contributed by atoms with van der Waals surface area (Å²) in [5.74, 6) is 1.22. The van der Waals surface area contributed by atoms with Crippen LogP contribution in [0.4, 0.5) is 0 Å². The highest BCUT2D eigenvalue weighted by Gasteiger charge is 2.10. The topological polar surface area (TPSA) is 56.8 Å². The Kier molecular flexibility index (Phi) is 6.41. The summed E-state index contributed by atoms with van der Waals surface area (Å²) in [6.07, 6.45) is 1.55. The molecular weight excluding hydrogens is 296 g/mol. The fourth-order valence-electron chi connectivity index (χ4n) is 2.52. The first kappa shape index (κ1) is 17.6. The van der Waals surface area contributed by atoms with E-state index in [1.807, 2.05) is 24.3 Å². The molecule has 0 radical (unpaired) electrons. The first-order valence-electron chi connectivity index (χ1n) is 8.26. The van der Waals surface area contributed by atoms with Gasteiger partial charge in [-0.2, -0.15) is 10.5 Å². The number of benzene rings is 2. The predicted octanol–water partition coefficient (Wildman–Crippen LogP) is 5.15. The van der Waals surface area contributed by atoms with Crippen LogP contribution in [0.3, 0.4) is 0 Å². The second kappa shape index (κ2) is 8.75. The molecule has 24 heavy (non-hydrogen) atoms. The van der Waals surface area contributed by atoms with Gasteiger partial charge >= 0.3 is 0 Å². The molecule has 2 aromatic rings. The highest BCUT2D eigenvalue weighted by molar-refractivity contribution is 5.34. The molecular formula is C21H22N2O. The third-order valence-corrected chi connectivity index (χ3v) is 4.05. The molecule has 0 spiro atoms. The van der Waals surface area contributed by atoms with E-state index >= 15 is 0 Å². The van der Waals surface area contributed by atoms with Crippen molar-refractivity contribution in [1.82, 2.24) is 0 Å². The maximum atomic E-state index is 9.35. The molecule has 0 aliphatic carbocycles. The van der Waals surface area contributed by atoms with Crippen LogP contribution < -0.4 is 4.74 Å². The van der Waals surface area contributed by atoms with Gasteiger partial charge in [0.15, 0.2) is 0 Å². The highest BCUT2D eigenvalue weighted by Crippen LogP contribution is 2.22. The molecule has 0 heterocycles. The Hall–Kier alpha value is -2.78. The van der Waals surface area contributed by atoms with Gasteiger partial charge in [-0.15, -0.1) is 0 Å². The molecule has 3 nitrogen and oxygen atoms in total. The minimum atomic E-state index is -0.162. The standard InChI is InChI=1S/C21H22N2O/c1-16(2)18-9-11-21(12-10-18)24-13-3-4-20(15-23)19-7-5-17(14-22)6-8-19/h5-12,16,20H,3-4,13H2,1-2H3. The molecule has 2 rings (SSSR count). The third-order valence-electron chi connectivity index (χ3n) is 4.05. The lowest BCUT2D eigenvalue weighted by atomic mass is 9.95. The second-order valence-corrected chi connectivity index (χ2v) is 6.13. The zero-order valence-corrected chi connectivity index (χ0v) is 14.2. The molecule has 122 valence electrons. The molecule has 0 aliphatic heterocycles. The molecule has 1 atom stereocenters. The van der Waals surface area contributed by atoms with Gasteiger partial charge in [0.05, 0.1) is 30.2 Å². The second-order valence-electron chi connectivity index (χ2n) is 6.13. The van der Waals surface area contributed by atoms with Crippen molar-refractivity contribution in [1.29, 1.82) is 10.5 Å². The monoisotopic (exact) mass is 318 g/mol. The summed E-state index contributed by atoms with van der Waals surface area (Å²) in [5, 5.41) is 18.2. The van der Waals surface area contributed by atoms with E-state index in [0.717, 1.165) is 24.2 Å². The fourth-order valence-corrected chi connectivity index (χ4v) is 2.52. The first-order chi connectivity index (χ1) is 11.6. The number of rotatable bonds is 7. The van der Waals surface area contributed by atoms with E-state index in [2.05, 4.69) is 38.1 Å². The molecule has 0 amide bonds. The average molecular weight is 318 g/mol. The van der Waals surface area contributed by atoms with Crippen molar-refractivity contribution in [3.8, 4) is 17.9 Å². The van der Waals surface area contributed by atoms with Gasteiger partial charge < -0.3 is 4.74 Å². The van der Waals surface area contributed by atoms with Gasteiger partial charge in [-0.25, -0.2) is 0 Å². The normalized spacial score (nSPS) is 11.5. The Morgan fingerprint density at radius 1 is 0.917 bits per heavy atom. The minimum absolute atomic E-state index is 0.162. The molecule has 3 heteroatoms. The lowest BCUT2D eigenvalue weighted by Crippen LogP contribution is -2.02. The average Bonchev–Trinajstić information content (AvgIpc) is 2.62. The van der Waals surface area contributed by atoms with Crippen molar-refractivity contribution in [2.75, 3.05) is 6.61 Å². The van der Waals surface area contributed by atoms with Crippen LogP contribution in [0.1, 0.15) is 55.2 Å². The number of nitriles is 2. The Morgan fingerprint density at radius 3 is 2.08 bits per heavy atom. The molecule has 2 aromatic carbocycles. The van der Waals surface area contributed by atoms with Crippen molar-refractivity contribution in [3.63, 3.8) is 0 Å². The zero-order valence-electron chi connectivity index (χ0n) is 14.2. The van der Waals surface area contributed by atoms with E-state index in [1.165, 1.54) is 5.56 Å². The summed E-state index contributed by atoms with van der Waals surface area (Å²) >= 11 is 0. The van der Waals surface area contributed by atoms with Gasteiger partial charge in [0.1, 0.15) is 5.75 Å². The molecule has 0 saturated heterocycles. The Morgan fingerprint density at radius 2 is 1.54 bits per heavy atom. The number of ether oxygens (including phenoxy) is 1. The minimum Gasteiger partial charge on any atom is -0.494 e. The fraction of sp³-hybridized carbons (Fsp3) is 0.333. The highest BCUT2D eigenvalue weighted by atomic mass is 16.5. The van der Waals surface area contributed by atoms with Gasteiger partial charge in [0, 0.05) is 0 Å². The Labute approximate surface area is 144 Å². The van der Waals surface area contributed by atoms with E-state index in [1.54, 1.807) is 12.1 Å². The maximum absolute atomic E-state index is 9.35. The number of nitrogens with zero attached hydrogens (tertiary/aromatic N) is 2. The van der Waals surface area contributed by atoms with Crippen LogP contribution >= 0.6 is 0 Å². The van der Waals surface area contributed by atoms with Gasteiger partial charge in [-0.3, -0.25) is 0 Å². The lowest BCUT2D eigenvalue weighted by Gasteiger charge is -2.11. The summed E-state index contributed by atoms with van der Waals surface area (Å²) in [6.45, 7) is 4.93. The summed E-state index contributed by atoms with van der Waals surface area (Å²) in [6, 6.07) is 19.8. The van der Waals surface area contributed by atoms with Crippen LogP contribution in [0.25, 0.3) is 0 Å². The molecule has 0 aromatic heterocycles. The molecule has 0 fully saturated rings. The van der Waals surface area contributed by atoms with Crippen LogP contribution in [-0.2, 0) is 0 Å². The third kappa shape index (κ3) is 4.86. The largest absolute Gasteiger partial charge is 0.494 e. The van der Waals surface area contributed by atoms with E-state index in [4.69, 9.17) is 10.00 Å². The van der Waals surface area contributed by atoms with Crippen LogP contribution in [-0.4, -0.2) is 6.61 Å². The summed E-state index contributed by atoms with van der Waals surface area (Å²) in [7, 11) is 0. The number of hydrogen-bond acceptors (Lipinski definition) is 3. The predicted molar refractivity (Wildman–Crippen MR) is 94.8 cm³/mol. The Bertz CT molecular complexity index is 718. The summed E-state index contributed by atoms with van der Waals surface area (Å²) in [4.78, 5) is 0. The van der Waals surface area contributed by atoms with E-state index < -0.39 is 0 Å². The van der Waals surface area contributed by atoms with Crippen LogP contribution in [0, 0.1) is 22.7 Å². The quantitative estimate of drug-likeness (QED) is 0.663. The van der Waals surface area contributed by atoms with Crippen molar-refractivity contribution in [2.45, 2.75) is 38.5 Å². The van der Waals surface area contributed by atoms with Gasteiger partial charge in [-0.1, -0.05) is 38.1 Å². The molecule has 0 N–H and O–H groups in total. The molecule has 0 aliphatic rings.